The fourth-order valence-electron chi connectivity index (χ4n) is 1.61. The molecule has 5 heteroatoms. The molecule has 1 fully saturated rings. The van der Waals surface area contributed by atoms with Crippen LogP contribution in [0.5, 0.6) is 0 Å². The zero-order valence-electron chi connectivity index (χ0n) is 9.22. The van der Waals surface area contributed by atoms with Crippen LogP contribution in [0.3, 0.4) is 0 Å². The summed E-state index contributed by atoms with van der Waals surface area (Å²) in [7, 11) is -3.38. The molecule has 1 aliphatic heterocycles. The van der Waals surface area contributed by atoms with Gasteiger partial charge in [-0.25, -0.2) is 0 Å². The predicted octanol–water partition coefficient (Wildman–Crippen LogP) is 2.74. The molecule has 0 spiro atoms. The van der Waals surface area contributed by atoms with E-state index < -0.39 is 23.7 Å². The molecular weight excluding hydrogens is 289 g/mol. The number of nitrogens with zero attached hydrogens (tertiary/aromatic N) is 1. The molecule has 1 saturated heterocycles. The van der Waals surface area contributed by atoms with Crippen molar-refractivity contribution >= 4 is 23.7 Å². The zero-order chi connectivity index (χ0) is 11.6. The summed E-state index contributed by atoms with van der Waals surface area (Å²) in [5.41, 5.74) is 1.07. The van der Waals surface area contributed by atoms with Gasteiger partial charge in [0, 0.05) is 0 Å². The number of benzene rings is 1. The van der Waals surface area contributed by atoms with E-state index in [4.69, 9.17) is 0 Å². The topological polar surface area (TPSA) is 46.5 Å². The first kappa shape index (κ1) is 12.0. The van der Waals surface area contributed by atoms with E-state index in [0.29, 0.717) is 4.90 Å². The fraction of sp³-hybridized carbons (Fsp3) is 0.455. The summed E-state index contributed by atoms with van der Waals surface area (Å²) in [5, 5.41) is 2.07. The Morgan fingerprint density at radius 3 is 2.25 bits per heavy atom. The molecule has 0 bridgehead atoms. The fourth-order valence-corrected chi connectivity index (χ4v) is 8.51. The van der Waals surface area contributed by atoms with Crippen molar-refractivity contribution in [3.8, 4) is 0 Å². The molecule has 1 aliphatic rings. The van der Waals surface area contributed by atoms with E-state index in [0.717, 1.165) is 29.0 Å². The molecule has 88 valence electrons. The molecule has 3 nitrogen and oxygen atoms in total. The van der Waals surface area contributed by atoms with Crippen LogP contribution >= 0.6 is 0 Å². The van der Waals surface area contributed by atoms with Crippen LogP contribution in [0.4, 0.5) is 0 Å². The summed E-state index contributed by atoms with van der Waals surface area (Å²) in [4.78, 5) is 0.341. The van der Waals surface area contributed by atoms with E-state index in [1.54, 1.807) is 12.1 Å². The van der Waals surface area contributed by atoms with Crippen LogP contribution in [0.15, 0.2) is 32.5 Å². The standard InChI is InChI=1S/C11H15NO2SSe/c1-10-4-6-11(7-5-10)15(13,14)12-16-8-2-3-9-16/h4-7H,2-3,8-9H2,1H3. The van der Waals surface area contributed by atoms with Crippen molar-refractivity contribution in [2.75, 3.05) is 0 Å². The van der Waals surface area contributed by atoms with Crippen LogP contribution in [-0.2, 0) is 10.0 Å². The van der Waals surface area contributed by atoms with Gasteiger partial charge in [-0.15, -0.1) is 0 Å². The van der Waals surface area contributed by atoms with Gasteiger partial charge in [0.1, 0.15) is 0 Å². The second kappa shape index (κ2) is 4.78. The molecule has 0 atom stereocenters. The molecule has 0 radical (unpaired) electrons. The minimum atomic E-state index is -3.38. The van der Waals surface area contributed by atoms with Crippen LogP contribution < -0.4 is 0 Å². The van der Waals surface area contributed by atoms with Crippen LogP contribution in [-0.4, -0.2) is 22.1 Å². The Balaban J connectivity index is 2.31. The van der Waals surface area contributed by atoms with Crippen LogP contribution in [0.1, 0.15) is 18.4 Å². The molecular formula is C11H15NO2SSe. The van der Waals surface area contributed by atoms with Gasteiger partial charge < -0.3 is 0 Å². The number of aryl methyl sites for hydroxylation is 1. The first-order valence-electron chi connectivity index (χ1n) is 5.30. The quantitative estimate of drug-likeness (QED) is 0.789. The van der Waals surface area contributed by atoms with Crippen molar-refractivity contribution in [2.45, 2.75) is 35.3 Å². The molecule has 2 rings (SSSR count). The third-order valence-corrected chi connectivity index (χ3v) is 9.56. The SMILES string of the molecule is Cc1ccc(S(=O)(=O)N=[Se]2CCCC2)cc1. The van der Waals surface area contributed by atoms with Gasteiger partial charge in [-0.1, -0.05) is 0 Å². The van der Waals surface area contributed by atoms with E-state index in [2.05, 4.69) is 3.37 Å². The second-order valence-electron chi connectivity index (χ2n) is 3.94. The Morgan fingerprint density at radius 1 is 1.12 bits per heavy atom. The van der Waals surface area contributed by atoms with Crippen molar-refractivity contribution in [2.24, 2.45) is 3.37 Å². The predicted molar refractivity (Wildman–Crippen MR) is 65.4 cm³/mol. The number of hydrogen-bond acceptors (Lipinski definition) is 2. The Bertz CT molecular complexity index is 497. The molecule has 0 unspecified atom stereocenters. The average molecular weight is 304 g/mol. The molecule has 1 aromatic rings. The summed E-state index contributed by atoms with van der Waals surface area (Å²) in [6.07, 6.45) is 2.30. The van der Waals surface area contributed by atoms with Gasteiger partial charge in [0.2, 0.25) is 0 Å². The molecule has 1 heterocycles. The average Bonchev–Trinajstić information content (AvgIpc) is 2.70. The summed E-state index contributed by atoms with van der Waals surface area (Å²) < 4.78 is 28.0. The molecule has 0 aromatic heterocycles. The van der Waals surface area contributed by atoms with Crippen molar-refractivity contribution in [1.29, 1.82) is 0 Å². The van der Waals surface area contributed by atoms with Gasteiger partial charge in [0.15, 0.2) is 0 Å². The van der Waals surface area contributed by atoms with Gasteiger partial charge in [0.25, 0.3) is 0 Å². The van der Waals surface area contributed by atoms with E-state index in [-0.39, 0.29) is 0 Å². The van der Waals surface area contributed by atoms with E-state index in [9.17, 15) is 8.42 Å². The van der Waals surface area contributed by atoms with E-state index in [1.165, 1.54) is 0 Å². The summed E-state index contributed by atoms with van der Waals surface area (Å²) in [6.45, 7) is 1.94. The van der Waals surface area contributed by atoms with E-state index >= 15 is 0 Å². The zero-order valence-corrected chi connectivity index (χ0v) is 11.7. The maximum absolute atomic E-state index is 12.0. The third-order valence-electron chi connectivity index (χ3n) is 2.53. The number of rotatable bonds is 2. The number of sulfonamides is 1. The first-order valence-corrected chi connectivity index (χ1v) is 9.93. The molecule has 0 N–H and O–H groups in total. The molecule has 0 saturated carbocycles. The molecule has 0 aliphatic carbocycles. The molecule has 16 heavy (non-hydrogen) atoms. The van der Waals surface area contributed by atoms with Crippen molar-refractivity contribution in [3.63, 3.8) is 0 Å². The Labute approximate surface area is 101 Å². The summed E-state index contributed by atoms with van der Waals surface area (Å²) >= 11 is -1.22. The maximum atomic E-state index is 12.0. The Hall–Kier alpha value is -0.511. The van der Waals surface area contributed by atoms with Gasteiger partial charge in [-0.05, 0) is 0 Å². The van der Waals surface area contributed by atoms with Crippen molar-refractivity contribution in [3.05, 3.63) is 29.8 Å². The Morgan fingerprint density at radius 2 is 1.69 bits per heavy atom. The van der Waals surface area contributed by atoms with Crippen molar-refractivity contribution < 1.29 is 8.42 Å². The number of hydrogen-bond donors (Lipinski definition) is 0. The van der Waals surface area contributed by atoms with Crippen LogP contribution in [0, 0.1) is 6.92 Å². The monoisotopic (exact) mass is 305 g/mol. The minimum absolute atomic E-state index is 0.341. The van der Waals surface area contributed by atoms with Gasteiger partial charge in [-0.3, -0.25) is 0 Å². The van der Waals surface area contributed by atoms with Crippen LogP contribution in [0.2, 0.25) is 10.6 Å². The molecule has 1 aromatic carbocycles. The second-order valence-corrected chi connectivity index (χ2v) is 10.1. The van der Waals surface area contributed by atoms with E-state index in [1.807, 2.05) is 19.1 Å². The first-order chi connectivity index (χ1) is 7.58. The summed E-state index contributed by atoms with van der Waals surface area (Å²) in [6, 6.07) is 6.93. The Kier molecular flexibility index (Phi) is 3.57. The third kappa shape index (κ3) is 2.78. The van der Waals surface area contributed by atoms with Crippen LogP contribution in [0.25, 0.3) is 0 Å². The van der Waals surface area contributed by atoms with Gasteiger partial charge >= 0.3 is 101 Å². The molecule has 0 amide bonds. The normalized spacial score (nSPS) is 17.6. The van der Waals surface area contributed by atoms with Crippen molar-refractivity contribution in [1.82, 2.24) is 0 Å². The van der Waals surface area contributed by atoms with Gasteiger partial charge in [0.05, 0.1) is 0 Å². The summed E-state index contributed by atoms with van der Waals surface area (Å²) in [5.74, 6) is 0. The van der Waals surface area contributed by atoms with Gasteiger partial charge in [-0.2, -0.15) is 0 Å².